The summed E-state index contributed by atoms with van der Waals surface area (Å²) in [6.45, 7) is 5.64. The van der Waals surface area contributed by atoms with Crippen molar-refractivity contribution in [2.45, 2.75) is 37.0 Å². The first kappa shape index (κ1) is 14.0. The Morgan fingerprint density at radius 1 is 1.24 bits per heavy atom. The van der Waals surface area contributed by atoms with E-state index in [0.717, 1.165) is 0 Å². The minimum atomic E-state index is -2.44. The predicted molar refractivity (Wildman–Crippen MR) is 65.5 cm³/mol. The first-order chi connectivity index (χ1) is 7.78. The first-order valence-electron chi connectivity index (χ1n) is 5.15. The molecule has 0 radical (unpaired) electrons. The lowest BCUT2D eigenvalue weighted by Crippen LogP contribution is -2.40. The molecule has 1 amide bonds. The number of alkyl halides is 2. The highest BCUT2D eigenvalue weighted by Crippen LogP contribution is 2.25. The van der Waals surface area contributed by atoms with Crippen molar-refractivity contribution < 1.29 is 13.6 Å². The Hall–Kier alpha value is -1.10. The van der Waals surface area contributed by atoms with E-state index in [4.69, 9.17) is 0 Å². The number of hydrogen-bond acceptors (Lipinski definition) is 2. The second-order valence-electron chi connectivity index (χ2n) is 4.61. The van der Waals surface area contributed by atoms with Crippen LogP contribution in [0, 0.1) is 0 Å². The first-order valence-corrected chi connectivity index (χ1v) is 6.03. The molecule has 0 aromatic heterocycles. The van der Waals surface area contributed by atoms with Crippen molar-refractivity contribution in [3.63, 3.8) is 0 Å². The molecule has 1 aromatic carbocycles. The molecule has 0 heterocycles. The molecule has 0 unspecified atom stereocenters. The fourth-order valence-electron chi connectivity index (χ4n) is 1.20. The summed E-state index contributed by atoms with van der Waals surface area (Å²) in [7, 11) is 0. The largest absolute Gasteiger partial charge is 0.347 e. The second kappa shape index (κ2) is 5.49. The lowest BCUT2D eigenvalue weighted by atomic mass is 10.1. The molecular weight excluding hydrogens is 244 g/mol. The third-order valence-corrected chi connectivity index (χ3v) is 2.55. The van der Waals surface area contributed by atoms with Gasteiger partial charge >= 0.3 is 0 Å². The number of nitrogens with one attached hydrogen (secondary N) is 1. The number of hydrogen-bond donors (Lipinski definition) is 1. The number of amides is 1. The van der Waals surface area contributed by atoms with Gasteiger partial charge in [0.15, 0.2) is 0 Å². The average molecular weight is 259 g/mol. The summed E-state index contributed by atoms with van der Waals surface area (Å²) >= 11 is 0.467. The Labute approximate surface area is 104 Å². The van der Waals surface area contributed by atoms with Gasteiger partial charge in [0.05, 0.1) is 0 Å². The zero-order valence-corrected chi connectivity index (χ0v) is 10.8. The fraction of sp³-hybridized carbons (Fsp3) is 0.417. The van der Waals surface area contributed by atoms with Crippen LogP contribution in [0.1, 0.15) is 31.1 Å². The molecule has 0 bridgehead atoms. The third kappa shape index (κ3) is 5.17. The van der Waals surface area contributed by atoms with Crippen LogP contribution in [0.15, 0.2) is 29.2 Å². The van der Waals surface area contributed by atoms with Gasteiger partial charge in [-0.05, 0) is 45.0 Å². The molecule has 0 fully saturated rings. The van der Waals surface area contributed by atoms with Crippen LogP contribution in [0.2, 0.25) is 0 Å². The van der Waals surface area contributed by atoms with Crippen molar-refractivity contribution in [3.05, 3.63) is 29.8 Å². The highest BCUT2D eigenvalue weighted by atomic mass is 32.2. The van der Waals surface area contributed by atoms with Crippen LogP contribution in [0.25, 0.3) is 0 Å². The van der Waals surface area contributed by atoms with Gasteiger partial charge < -0.3 is 5.32 Å². The van der Waals surface area contributed by atoms with E-state index in [1.165, 1.54) is 12.1 Å². The fourth-order valence-corrected chi connectivity index (χ4v) is 1.70. The molecule has 5 heteroatoms. The van der Waals surface area contributed by atoms with Gasteiger partial charge in [-0.15, -0.1) is 0 Å². The van der Waals surface area contributed by atoms with E-state index in [1.807, 2.05) is 20.8 Å². The van der Waals surface area contributed by atoms with Crippen molar-refractivity contribution >= 4 is 17.7 Å². The summed E-state index contributed by atoms with van der Waals surface area (Å²) in [6, 6.07) is 6.14. The summed E-state index contributed by atoms with van der Waals surface area (Å²) < 4.78 is 24.2. The molecule has 0 atom stereocenters. The van der Waals surface area contributed by atoms with Crippen LogP contribution in [0.3, 0.4) is 0 Å². The molecule has 0 aliphatic carbocycles. The van der Waals surface area contributed by atoms with Crippen molar-refractivity contribution in [1.82, 2.24) is 5.32 Å². The molecule has 2 nitrogen and oxygen atoms in total. The van der Waals surface area contributed by atoms with E-state index < -0.39 is 5.76 Å². The maximum atomic E-state index is 12.1. The number of carbonyl (C=O) groups is 1. The SMILES string of the molecule is CC(C)(C)NC(=O)c1ccc(SC(F)F)cc1. The predicted octanol–water partition coefficient (Wildman–Crippen LogP) is 3.53. The van der Waals surface area contributed by atoms with Gasteiger partial charge in [0.1, 0.15) is 0 Å². The van der Waals surface area contributed by atoms with Gasteiger partial charge in [-0.1, -0.05) is 11.8 Å². The van der Waals surface area contributed by atoms with Crippen molar-refractivity contribution in [2.24, 2.45) is 0 Å². The van der Waals surface area contributed by atoms with Crippen LogP contribution in [-0.2, 0) is 0 Å². The van der Waals surface area contributed by atoms with Gasteiger partial charge in [0, 0.05) is 16.0 Å². The average Bonchev–Trinajstić information content (AvgIpc) is 2.15. The summed E-state index contributed by atoms with van der Waals surface area (Å²) in [5.74, 6) is -2.64. The molecule has 1 rings (SSSR count). The number of rotatable bonds is 3. The molecule has 0 saturated heterocycles. The lowest BCUT2D eigenvalue weighted by molar-refractivity contribution is 0.0919. The second-order valence-corrected chi connectivity index (χ2v) is 5.67. The molecule has 94 valence electrons. The van der Waals surface area contributed by atoms with Crippen LogP contribution in [-0.4, -0.2) is 17.2 Å². The van der Waals surface area contributed by atoms with Crippen molar-refractivity contribution in [2.75, 3.05) is 0 Å². The van der Waals surface area contributed by atoms with Gasteiger partial charge in [0.25, 0.3) is 11.7 Å². The topological polar surface area (TPSA) is 29.1 Å². The molecule has 1 aromatic rings. The minimum absolute atomic E-state index is 0.203. The van der Waals surface area contributed by atoms with Crippen LogP contribution < -0.4 is 5.32 Å². The quantitative estimate of drug-likeness (QED) is 0.841. The van der Waals surface area contributed by atoms with Crippen molar-refractivity contribution in [1.29, 1.82) is 0 Å². The Bertz CT molecular complexity index is 384. The van der Waals surface area contributed by atoms with Crippen LogP contribution in [0.5, 0.6) is 0 Å². The van der Waals surface area contributed by atoms with E-state index in [9.17, 15) is 13.6 Å². The third-order valence-electron chi connectivity index (χ3n) is 1.83. The van der Waals surface area contributed by atoms with Gasteiger partial charge in [-0.25, -0.2) is 0 Å². The van der Waals surface area contributed by atoms with Crippen LogP contribution >= 0.6 is 11.8 Å². The number of thioether (sulfide) groups is 1. The highest BCUT2D eigenvalue weighted by molar-refractivity contribution is 7.99. The Balaban J connectivity index is 2.71. The lowest BCUT2D eigenvalue weighted by Gasteiger charge is -2.20. The number of carbonyl (C=O) groups excluding carboxylic acids is 1. The van der Waals surface area contributed by atoms with Crippen molar-refractivity contribution in [3.8, 4) is 0 Å². The normalized spacial score (nSPS) is 11.6. The maximum absolute atomic E-state index is 12.1. The standard InChI is InChI=1S/C12H15F2NOS/c1-12(2,3)15-10(16)8-4-6-9(7-5-8)17-11(13)14/h4-7,11H,1-3H3,(H,15,16). The molecule has 0 saturated carbocycles. The van der Waals surface area contributed by atoms with E-state index in [1.54, 1.807) is 12.1 Å². The zero-order chi connectivity index (χ0) is 13.1. The van der Waals surface area contributed by atoms with E-state index in [-0.39, 0.29) is 11.4 Å². The molecule has 0 aliphatic heterocycles. The highest BCUT2D eigenvalue weighted by Gasteiger charge is 2.15. The number of benzene rings is 1. The number of halogens is 2. The Kier molecular flexibility index (Phi) is 4.51. The Morgan fingerprint density at radius 3 is 2.18 bits per heavy atom. The molecule has 1 N–H and O–H groups in total. The van der Waals surface area contributed by atoms with Gasteiger partial charge in [0.2, 0.25) is 0 Å². The summed E-state index contributed by atoms with van der Waals surface area (Å²) in [5, 5.41) is 2.80. The van der Waals surface area contributed by atoms with E-state index >= 15 is 0 Å². The van der Waals surface area contributed by atoms with E-state index in [0.29, 0.717) is 22.2 Å². The van der Waals surface area contributed by atoms with Gasteiger partial charge in [-0.3, -0.25) is 4.79 Å². The smallest absolute Gasteiger partial charge is 0.288 e. The molecule has 0 aliphatic rings. The summed E-state index contributed by atoms with van der Waals surface area (Å²) in [6.07, 6.45) is 0. The van der Waals surface area contributed by atoms with Crippen LogP contribution in [0.4, 0.5) is 8.78 Å². The Morgan fingerprint density at radius 2 is 1.76 bits per heavy atom. The summed E-state index contributed by atoms with van der Waals surface area (Å²) in [5.41, 5.74) is 0.159. The minimum Gasteiger partial charge on any atom is -0.347 e. The maximum Gasteiger partial charge on any atom is 0.288 e. The zero-order valence-electron chi connectivity index (χ0n) is 9.96. The molecule has 17 heavy (non-hydrogen) atoms. The molecule has 0 spiro atoms. The van der Waals surface area contributed by atoms with Gasteiger partial charge in [-0.2, -0.15) is 8.78 Å². The van der Waals surface area contributed by atoms with E-state index in [2.05, 4.69) is 5.32 Å². The molecular formula is C12H15F2NOS. The monoisotopic (exact) mass is 259 g/mol. The summed E-state index contributed by atoms with van der Waals surface area (Å²) in [4.78, 5) is 12.2.